The van der Waals surface area contributed by atoms with Gasteiger partial charge in [0.1, 0.15) is 12.4 Å². The number of furan rings is 1. The van der Waals surface area contributed by atoms with Gasteiger partial charge in [-0.3, -0.25) is 0 Å². The number of nitrogens with two attached hydrogens (primary N) is 1. The van der Waals surface area contributed by atoms with Gasteiger partial charge < -0.3 is 19.6 Å². The van der Waals surface area contributed by atoms with Gasteiger partial charge in [-0.05, 0) is 42.8 Å². The van der Waals surface area contributed by atoms with Crippen LogP contribution in [-0.4, -0.2) is 39.3 Å². The van der Waals surface area contributed by atoms with Gasteiger partial charge >= 0.3 is 0 Å². The van der Waals surface area contributed by atoms with Gasteiger partial charge in [0.2, 0.25) is 10.0 Å². The van der Waals surface area contributed by atoms with Crippen molar-refractivity contribution in [2.24, 2.45) is 5.14 Å². The van der Waals surface area contributed by atoms with Crippen LogP contribution in [-0.2, 0) is 27.8 Å². The first-order valence-corrected chi connectivity index (χ1v) is 9.10. The molecule has 4 N–H and O–H groups in total. The van der Waals surface area contributed by atoms with E-state index in [9.17, 15) is 13.5 Å². The van der Waals surface area contributed by atoms with Crippen LogP contribution in [0.3, 0.4) is 0 Å². The predicted octanol–water partition coefficient (Wildman–Crippen LogP) is 0.637. The van der Waals surface area contributed by atoms with E-state index >= 15 is 0 Å². The van der Waals surface area contributed by atoms with Gasteiger partial charge in [-0.25, -0.2) is 13.6 Å². The SMILES string of the molecule is NS(=O)(=O)c1ccc(CCNCC(O)COCc2ccco2)cc1. The van der Waals surface area contributed by atoms with Gasteiger partial charge in [0.05, 0.1) is 23.9 Å². The third kappa shape index (κ3) is 6.42. The second-order valence-corrected chi connectivity index (χ2v) is 6.95. The molecule has 0 radical (unpaired) electrons. The first-order chi connectivity index (χ1) is 11.4. The van der Waals surface area contributed by atoms with Crippen molar-refractivity contribution in [1.29, 1.82) is 0 Å². The first kappa shape index (κ1) is 18.6. The van der Waals surface area contributed by atoms with Crippen molar-refractivity contribution in [3.05, 3.63) is 54.0 Å². The standard InChI is InChI=1S/C16H22N2O5S/c17-24(20,21)16-5-3-13(4-6-16)7-8-18-10-14(19)11-22-12-15-2-1-9-23-15/h1-6,9,14,18-19H,7-8,10-12H2,(H2,17,20,21). The maximum atomic E-state index is 11.2. The lowest BCUT2D eigenvalue weighted by molar-refractivity contribution is 0.0228. The Balaban J connectivity index is 1.60. The lowest BCUT2D eigenvalue weighted by atomic mass is 10.1. The van der Waals surface area contributed by atoms with E-state index in [-0.39, 0.29) is 11.5 Å². The summed E-state index contributed by atoms with van der Waals surface area (Å²) in [5.41, 5.74) is 0.985. The van der Waals surface area contributed by atoms with E-state index in [0.717, 1.165) is 11.3 Å². The average Bonchev–Trinajstić information content (AvgIpc) is 3.04. The molecule has 8 heteroatoms. The highest BCUT2D eigenvalue weighted by Crippen LogP contribution is 2.09. The molecule has 24 heavy (non-hydrogen) atoms. The minimum atomic E-state index is -3.65. The third-order valence-electron chi connectivity index (χ3n) is 3.36. The molecule has 0 aliphatic rings. The minimum Gasteiger partial charge on any atom is -0.467 e. The lowest BCUT2D eigenvalue weighted by Crippen LogP contribution is -2.31. The summed E-state index contributed by atoms with van der Waals surface area (Å²) in [5.74, 6) is 0.720. The minimum absolute atomic E-state index is 0.100. The van der Waals surface area contributed by atoms with Crippen LogP contribution in [0, 0.1) is 0 Å². The Kier molecular flexibility index (Phi) is 6.95. The van der Waals surface area contributed by atoms with Crippen LogP contribution in [0.4, 0.5) is 0 Å². The molecule has 2 rings (SSSR count). The normalized spacial score (nSPS) is 13.1. The highest BCUT2D eigenvalue weighted by molar-refractivity contribution is 7.89. The summed E-state index contributed by atoms with van der Waals surface area (Å²) >= 11 is 0. The number of benzene rings is 1. The second-order valence-electron chi connectivity index (χ2n) is 5.39. The van der Waals surface area contributed by atoms with Crippen molar-refractivity contribution >= 4 is 10.0 Å². The summed E-state index contributed by atoms with van der Waals surface area (Å²) in [6.45, 7) is 1.62. The maximum Gasteiger partial charge on any atom is 0.238 e. The number of hydrogen-bond donors (Lipinski definition) is 3. The Hall–Kier alpha value is -1.71. The monoisotopic (exact) mass is 354 g/mol. The molecular formula is C16H22N2O5S. The van der Waals surface area contributed by atoms with Crippen molar-refractivity contribution in [1.82, 2.24) is 5.32 Å². The number of hydrogen-bond acceptors (Lipinski definition) is 6. The van der Waals surface area contributed by atoms with Gasteiger partial charge in [-0.1, -0.05) is 12.1 Å². The molecule has 1 aromatic heterocycles. The second kappa shape index (κ2) is 8.95. The lowest BCUT2D eigenvalue weighted by Gasteiger charge is -2.12. The number of primary sulfonamides is 1. The molecule has 1 unspecified atom stereocenters. The molecule has 0 spiro atoms. The highest BCUT2D eigenvalue weighted by atomic mass is 32.2. The largest absolute Gasteiger partial charge is 0.467 e. The number of ether oxygens (including phenoxy) is 1. The number of sulfonamides is 1. The number of rotatable bonds is 10. The number of aliphatic hydroxyl groups is 1. The van der Waals surface area contributed by atoms with Crippen LogP contribution in [0.15, 0.2) is 52.0 Å². The van der Waals surface area contributed by atoms with Crippen LogP contribution in [0.5, 0.6) is 0 Å². The summed E-state index contributed by atoms with van der Waals surface area (Å²) in [6, 6.07) is 10.0. The Labute approximate surface area is 141 Å². The zero-order valence-electron chi connectivity index (χ0n) is 13.2. The smallest absolute Gasteiger partial charge is 0.238 e. The van der Waals surface area contributed by atoms with Crippen LogP contribution in [0.25, 0.3) is 0 Å². The van der Waals surface area contributed by atoms with E-state index in [1.807, 2.05) is 6.07 Å². The van der Waals surface area contributed by atoms with Gasteiger partial charge in [-0.15, -0.1) is 0 Å². The van der Waals surface area contributed by atoms with E-state index in [1.54, 1.807) is 24.5 Å². The van der Waals surface area contributed by atoms with Gasteiger partial charge in [0, 0.05) is 6.54 Å². The molecule has 0 saturated heterocycles. The average molecular weight is 354 g/mol. The molecule has 1 aromatic carbocycles. The Morgan fingerprint density at radius 3 is 2.62 bits per heavy atom. The highest BCUT2D eigenvalue weighted by Gasteiger charge is 2.07. The molecule has 7 nitrogen and oxygen atoms in total. The topological polar surface area (TPSA) is 115 Å². The van der Waals surface area contributed by atoms with E-state index in [1.165, 1.54) is 12.1 Å². The van der Waals surface area contributed by atoms with Crippen LogP contribution in [0.1, 0.15) is 11.3 Å². The summed E-state index contributed by atoms with van der Waals surface area (Å²) in [6.07, 6.45) is 1.68. The fraction of sp³-hybridized carbons (Fsp3) is 0.375. The molecule has 0 bridgehead atoms. The first-order valence-electron chi connectivity index (χ1n) is 7.56. The Morgan fingerprint density at radius 1 is 1.25 bits per heavy atom. The van der Waals surface area contributed by atoms with Crippen LogP contribution < -0.4 is 10.5 Å². The van der Waals surface area contributed by atoms with E-state index in [0.29, 0.717) is 26.1 Å². The third-order valence-corrected chi connectivity index (χ3v) is 4.29. The fourth-order valence-electron chi connectivity index (χ4n) is 2.10. The van der Waals surface area contributed by atoms with Gasteiger partial charge in [-0.2, -0.15) is 0 Å². The number of aliphatic hydroxyl groups excluding tert-OH is 1. The molecule has 0 aliphatic carbocycles. The molecule has 1 heterocycles. The molecule has 0 fully saturated rings. The molecule has 2 aromatic rings. The molecule has 0 saturated carbocycles. The Bertz CT molecular complexity index is 699. The van der Waals surface area contributed by atoms with E-state index in [4.69, 9.17) is 14.3 Å². The predicted molar refractivity (Wildman–Crippen MR) is 88.8 cm³/mol. The molecule has 1 atom stereocenters. The van der Waals surface area contributed by atoms with Crippen molar-refractivity contribution in [3.8, 4) is 0 Å². The molecular weight excluding hydrogens is 332 g/mol. The van der Waals surface area contributed by atoms with Crippen LogP contribution in [0.2, 0.25) is 0 Å². The van der Waals surface area contributed by atoms with Gasteiger partial charge in [0.25, 0.3) is 0 Å². The number of nitrogens with one attached hydrogen (secondary N) is 1. The quantitative estimate of drug-likeness (QED) is 0.539. The van der Waals surface area contributed by atoms with Gasteiger partial charge in [0.15, 0.2) is 0 Å². The zero-order chi connectivity index (χ0) is 17.4. The maximum absolute atomic E-state index is 11.2. The van der Waals surface area contributed by atoms with Crippen molar-refractivity contribution in [3.63, 3.8) is 0 Å². The van der Waals surface area contributed by atoms with Crippen LogP contribution >= 0.6 is 0 Å². The summed E-state index contributed by atoms with van der Waals surface area (Å²) in [7, 11) is -3.65. The summed E-state index contributed by atoms with van der Waals surface area (Å²) in [5, 5.41) is 18.0. The fourth-order valence-corrected chi connectivity index (χ4v) is 2.61. The Morgan fingerprint density at radius 2 is 2.00 bits per heavy atom. The van der Waals surface area contributed by atoms with E-state index < -0.39 is 16.1 Å². The zero-order valence-corrected chi connectivity index (χ0v) is 14.0. The van der Waals surface area contributed by atoms with Crippen molar-refractivity contribution < 1.29 is 22.7 Å². The molecule has 0 amide bonds. The molecule has 132 valence electrons. The molecule has 0 aliphatic heterocycles. The van der Waals surface area contributed by atoms with Crippen molar-refractivity contribution in [2.75, 3.05) is 19.7 Å². The van der Waals surface area contributed by atoms with Crippen molar-refractivity contribution in [2.45, 2.75) is 24.0 Å². The summed E-state index contributed by atoms with van der Waals surface area (Å²) in [4.78, 5) is 0.100. The summed E-state index contributed by atoms with van der Waals surface area (Å²) < 4.78 is 32.8. The van der Waals surface area contributed by atoms with E-state index in [2.05, 4.69) is 5.32 Å².